The number of amides is 1. The monoisotopic (exact) mass is 433 g/mol. The van der Waals surface area contributed by atoms with Crippen molar-refractivity contribution in [1.82, 2.24) is 15.3 Å². The molecule has 1 aliphatic rings. The number of halogens is 1. The van der Waals surface area contributed by atoms with Gasteiger partial charge in [0.1, 0.15) is 11.3 Å². The largest absolute Gasteiger partial charge is 0.438 e. The molecule has 1 fully saturated rings. The van der Waals surface area contributed by atoms with Gasteiger partial charge in [0.15, 0.2) is 21.3 Å². The maximum absolute atomic E-state index is 15.2. The Morgan fingerprint density at radius 3 is 2.57 bits per heavy atom. The lowest BCUT2D eigenvalue weighted by Crippen LogP contribution is -2.32. The van der Waals surface area contributed by atoms with E-state index in [1.165, 1.54) is 12.3 Å². The van der Waals surface area contributed by atoms with Crippen LogP contribution in [0.15, 0.2) is 48.0 Å². The van der Waals surface area contributed by atoms with E-state index in [9.17, 15) is 13.2 Å². The van der Waals surface area contributed by atoms with E-state index >= 15 is 4.39 Å². The van der Waals surface area contributed by atoms with E-state index in [1.54, 1.807) is 31.2 Å². The summed E-state index contributed by atoms with van der Waals surface area (Å²) >= 11 is 0. The predicted octanol–water partition coefficient (Wildman–Crippen LogP) is 3.68. The van der Waals surface area contributed by atoms with Gasteiger partial charge >= 0.3 is 0 Å². The molecule has 1 unspecified atom stereocenters. The predicted molar refractivity (Wildman–Crippen MR) is 111 cm³/mol. The van der Waals surface area contributed by atoms with Crippen LogP contribution in [-0.2, 0) is 15.5 Å². The van der Waals surface area contributed by atoms with Gasteiger partial charge in [0, 0.05) is 23.9 Å². The Hall–Kier alpha value is -2.81. The molecule has 1 aromatic heterocycles. The summed E-state index contributed by atoms with van der Waals surface area (Å²) in [5.41, 5.74) is -1.60. The molecule has 0 spiro atoms. The maximum atomic E-state index is 15.2. The van der Waals surface area contributed by atoms with Gasteiger partial charge in [-0.2, -0.15) is 4.98 Å². The lowest BCUT2D eigenvalue weighted by atomic mass is 10.0. The average molecular weight is 434 g/mol. The molecule has 7 nitrogen and oxygen atoms in total. The van der Waals surface area contributed by atoms with Gasteiger partial charge in [-0.25, -0.2) is 17.8 Å². The summed E-state index contributed by atoms with van der Waals surface area (Å²) in [6, 6.07) is 8.17. The van der Waals surface area contributed by atoms with Gasteiger partial charge in [0.05, 0.1) is 0 Å². The summed E-state index contributed by atoms with van der Waals surface area (Å²) in [6.45, 7) is 1.63. The number of hydrogen-bond acceptors (Lipinski definition) is 6. The first kappa shape index (κ1) is 21.9. The standard InChI is InChI=1S/C21H24FN3O4S/c1-15(10-13-30(2,27)28)24-18(26)17-14-23-20(21(22)11-6-7-12-21)25-19(17)29-16-8-4-3-5-9-16/h3-5,8-10,13-15H,6-7,11-12H2,1-2H3,(H,24,26). The van der Waals surface area contributed by atoms with Crippen LogP contribution in [0.2, 0.25) is 0 Å². The van der Waals surface area contributed by atoms with Crippen molar-refractivity contribution in [1.29, 1.82) is 0 Å². The topological polar surface area (TPSA) is 98.2 Å². The number of aromatic nitrogens is 2. The number of sulfone groups is 1. The number of nitrogens with zero attached hydrogens (tertiary/aromatic N) is 2. The van der Waals surface area contributed by atoms with Crippen LogP contribution in [0, 0.1) is 0 Å². The van der Waals surface area contributed by atoms with Gasteiger partial charge in [0.25, 0.3) is 5.91 Å². The number of ether oxygens (including phenoxy) is 1. The Morgan fingerprint density at radius 2 is 1.93 bits per heavy atom. The Kier molecular flexibility index (Phi) is 6.50. The van der Waals surface area contributed by atoms with Crippen molar-refractivity contribution in [2.75, 3.05) is 6.26 Å². The summed E-state index contributed by atoms with van der Waals surface area (Å²) in [5.74, 6) is -0.155. The molecule has 1 amide bonds. The quantitative estimate of drug-likeness (QED) is 0.715. The summed E-state index contributed by atoms with van der Waals surface area (Å²) < 4.78 is 43.5. The number of carbonyl (C=O) groups is 1. The Balaban J connectivity index is 1.90. The second kappa shape index (κ2) is 8.91. The van der Waals surface area contributed by atoms with E-state index in [-0.39, 0.29) is 17.3 Å². The molecule has 1 aromatic carbocycles. The van der Waals surface area contributed by atoms with Crippen LogP contribution in [0.5, 0.6) is 11.6 Å². The summed E-state index contributed by atoms with van der Waals surface area (Å²) in [7, 11) is -3.31. The molecule has 1 heterocycles. The van der Waals surface area contributed by atoms with Crippen LogP contribution in [0.25, 0.3) is 0 Å². The van der Waals surface area contributed by atoms with Crippen molar-refractivity contribution in [3.05, 3.63) is 59.4 Å². The third kappa shape index (κ3) is 5.63. The minimum atomic E-state index is -3.31. The van der Waals surface area contributed by atoms with Crippen LogP contribution in [0.1, 0.15) is 48.8 Å². The van der Waals surface area contributed by atoms with Gasteiger partial charge in [-0.1, -0.05) is 24.3 Å². The van der Waals surface area contributed by atoms with Gasteiger partial charge in [-0.05, 0) is 44.7 Å². The molecule has 1 atom stereocenters. The minimum Gasteiger partial charge on any atom is -0.438 e. The van der Waals surface area contributed by atoms with Gasteiger partial charge < -0.3 is 10.1 Å². The van der Waals surface area contributed by atoms with Crippen LogP contribution >= 0.6 is 0 Å². The molecule has 3 rings (SSSR count). The van der Waals surface area contributed by atoms with Crippen molar-refractivity contribution >= 4 is 15.7 Å². The van der Waals surface area contributed by atoms with Crippen LogP contribution < -0.4 is 10.1 Å². The molecule has 2 aromatic rings. The van der Waals surface area contributed by atoms with Crippen molar-refractivity contribution in [3.63, 3.8) is 0 Å². The fourth-order valence-corrected chi connectivity index (χ4v) is 3.69. The molecule has 0 saturated heterocycles. The smallest absolute Gasteiger partial charge is 0.258 e. The SMILES string of the molecule is CC(C=CS(C)(=O)=O)NC(=O)c1cnc(C2(F)CCCC2)nc1Oc1ccccc1. The second-order valence-corrected chi connectivity index (χ2v) is 9.35. The summed E-state index contributed by atoms with van der Waals surface area (Å²) in [4.78, 5) is 21.1. The van der Waals surface area contributed by atoms with Gasteiger partial charge in [-0.3, -0.25) is 4.79 Å². The van der Waals surface area contributed by atoms with Crippen molar-refractivity contribution in [2.24, 2.45) is 0 Å². The number of alkyl halides is 1. The lowest BCUT2D eigenvalue weighted by molar-refractivity contribution is 0.0942. The van der Waals surface area contributed by atoms with Crippen molar-refractivity contribution in [3.8, 4) is 11.6 Å². The highest BCUT2D eigenvalue weighted by Gasteiger charge is 2.39. The molecular formula is C21H24FN3O4S. The van der Waals surface area contributed by atoms with E-state index in [0.717, 1.165) is 24.5 Å². The zero-order chi connectivity index (χ0) is 21.8. The Labute approximate surface area is 175 Å². The molecular weight excluding hydrogens is 409 g/mol. The fraction of sp³-hybridized carbons (Fsp3) is 0.381. The number of hydrogen-bond donors (Lipinski definition) is 1. The first-order valence-corrected chi connectivity index (χ1v) is 11.6. The van der Waals surface area contributed by atoms with E-state index in [4.69, 9.17) is 4.74 Å². The van der Waals surface area contributed by atoms with Gasteiger partial charge in [0.2, 0.25) is 5.88 Å². The highest BCUT2D eigenvalue weighted by molar-refractivity contribution is 7.93. The fourth-order valence-electron chi connectivity index (χ4n) is 3.17. The first-order chi connectivity index (χ1) is 14.2. The highest BCUT2D eigenvalue weighted by Crippen LogP contribution is 2.41. The third-order valence-corrected chi connectivity index (χ3v) is 5.38. The highest BCUT2D eigenvalue weighted by atomic mass is 32.2. The van der Waals surface area contributed by atoms with E-state index in [1.807, 2.05) is 6.07 Å². The molecule has 9 heteroatoms. The summed E-state index contributed by atoms with van der Waals surface area (Å²) in [5, 5.41) is 3.67. The first-order valence-electron chi connectivity index (χ1n) is 9.65. The van der Waals surface area contributed by atoms with Crippen molar-refractivity contribution in [2.45, 2.75) is 44.3 Å². The number of benzene rings is 1. The number of para-hydroxylation sites is 1. The lowest BCUT2D eigenvalue weighted by Gasteiger charge is -2.19. The van der Waals surface area contributed by atoms with E-state index in [2.05, 4.69) is 15.3 Å². The number of rotatable bonds is 7. The second-order valence-electron chi connectivity index (χ2n) is 7.42. The third-order valence-electron chi connectivity index (χ3n) is 4.73. The van der Waals surface area contributed by atoms with E-state index in [0.29, 0.717) is 18.6 Å². The molecule has 1 saturated carbocycles. The normalized spacial score (nSPS) is 17.0. The minimum absolute atomic E-state index is 0.00695. The molecule has 1 aliphatic carbocycles. The molecule has 160 valence electrons. The zero-order valence-electron chi connectivity index (χ0n) is 16.8. The number of nitrogens with one attached hydrogen (secondary N) is 1. The van der Waals surface area contributed by atoms with E-state index < -0.39 is 27.5 Å². The average Bonchev–Trinajstić information content (AvgIpc) is 3.14. The summed E-state index contributed by atoms with van der Waals surface area (Å²) in [6.07, 6.45) is 5.83. The molecule has 0 bridgehead atoms. The Bertz CT molecular complexity index is 1040. The van der Waals surface area contributed by atoms with Crippen molar-refractivity contribution < 1.29 is 22.3 Å². The van der Waals surface area contributed by atoms with Crippen LogP contribution in [-0.4, -0.2) is 36.6 Å². The van der Waals surface area contributed by atoms with Crippen LogP contribution in [0.3, 0.4) is 0 Å². The zero-order valence-corrected chi connectivity index (χ0v) is 17.7. The molecule has 30 heavy (non-hydrogen) atoms. The van der Waals surface area contributed by atoms with Crippen LogP contribution in [0.4, 0.5) is 4.39 Å². The maximum Gasteiger partial charge on any atom is 0.258 e. The van der Waals surface area contributed by atoms with Gasteiger partial charge in [-0.15, -0.1) is 0 Å². The molecule has 0 radical (unpaired) electrons. The number of carbonyl (C=O) groups excluding carboxylic acids is 1. The molecule has 1 N–H and O–H groups in total. The Morgan fingerprint density at radius 1 is 1.27 bits per heavy atom. The molecule has 0 aliphatic heterocycles.